The van der Waals surface area contributed by atoms with E-state index in [1.165, 1.54) is 25.3 Å². The molecule has 0 amide bonds. The van der Waals surface area contributed by atoms with Gasteiger partial charge in [-0.3, -0.25) is 0 Å². The highest BCUT2D eigenvalue weighted by Crippen LogP contribution is 2.33. The van der Waals surface area contributed by atoms with E-state index in [0.29, 0.717) is 23.0 Å². The summed E-state index contributed by atoms with van der Waals surface area (Å²) >= 11 is 0. The molecule has 2 rings (SSSR count). The molecule has 1 aliphatic carbocycles. The minimum absolute atomic E-state index is 0.269. The summed E-state index contributed by atoms with van der Waals surface area (Å²) in [6, 6.07) is 3.05. The van der Waals surface area contributed by atoms with Crippen LogP contribution >= 0.6 is 0 Å². The third kappa shape index (κ3) is 2.52. The van der Waals surface area contributed by atoms with Gasteiger partial charge in [-0.2, -0.15) is 0 Å². The monoisotopic (exact) mass is 252 g/mol. The molecule has 3 nitrogen and oxygen atoms in total. The van der Waals surface area contributed by atoms with E-state index in [2.05, 4.69) is 4.90 Å². The second-order valence-corrected chi connectivity index (χ2v) is 4.88. The first-order chi connectivity index (χ1) is 8.65. The summed E-state index contributed by atoms with van der Waals surface area (Å²) in [5, 5.41) is 0. The molecule has 0 saturated heterocycles. The lowest BCUT2D eigenvalue weighted by atomic mass is 9.85. The lowest BCUT2D eigenvalue weighted by molar-refractivity contribution is 0.317. The Hall–Kier alpha value is -1.45. The molecule has 1 aromatic carbocycles. The lowest BCUT2D eigenvalue weighted by Gasteiger charge is -2.33. The number of nitrogen functional groups attached to an aromatic ring is 1. The van der Waals surface area contributed by atoms with Crippen molar-refractivity contribution >= 4 is 11.4 Å². The second kappa shape index (κ2) is 5.46. The maximum Gasteiger partial charge on any atom is 0.148 e. The number of nitrogens with two attached hydrogens (primary N) is 1. The van der Waals surface area contributed by atoms with Crippen LogP contribution in [0.15, 0.2) is 12.1 Å². The van der Waals surface area contributed by atoms with Gasteiger partial charge in [0, 0.05) is 25.2 Å². The van der Waals surface area contributed by atoms with Gasteiger partial charge in [-0.15, -0.1) is 0 Å². The third-order valence-electron chi connectivity index (χ3n) is 3.72. The van der Waals surface area contributed by atoms with Crippen molar-refractivity contribution in [1.82, 2.24) is 0 Å². The van der Waals surface area contributed by atoms with Crippen molar-refractivity contribution in [3.8, 4) is 5.75 Å². The molecule has 1 aromatic rings. The molecule has 18 heavy (non-hydrogen) atoms. The van der Waals surface area contributed by atoms with Crippen molar-refractivity contribution in [3.05, 3.63) is 17.9 Å². The molecule has 2 N–H and O–H groups in total. The Kier molecular flexibility index (Phi) is 3.94. The minimum atomic E-state index is -0.269. The molecule has 0 aliphatic heterocycles. The quantitative estimate of drug-likeness (QED) is 0.819. The zero-order valence-corrected chi connectivity index (χ0v) is 11.1. The fourth-order valence-corrected chi connectivity index (χ4v) is 2.36. The van der Waals surface area contributed by atoms with Crippen molar-refractivity contribution in [3.63, 3.8) is 0 Å². The van der Waals surface area contributed by atoms with E-state index in [0.717, 1.165) is 13.1 Å². The highest BCUT2D eigenvalue weighted by Gasteiger charge is 2.22. The Balaban J connectivity index is 2.22. The molecule has 0 heterocycles. The summed E-state index contributed by atoms with van der Waals surface area (Å²) in [6.07, 6.45) is 3.81. The summed E-state index contributed by atoms with van der Waals surface area (Å²) < 4.78 is 19.2. The number of ether oxygens (including phenoxy) is 1. The zero-order valence-electron chi connectivity index (χ0n) is 11.1. The smallest absolute Gasteiger partial charge is 0.148 e. The van der Waals surface area contributed by atoms with Gasteiger partial charge in [0.15, 0.2) is 0 Å². The summed E-state index contributed by atoms with van der Waals surface area (Å²) in [5.41, 5.74) is 6.64. The van der Waals surface area contributed by atoms with Crippen LogP contribution in [-0.4, -0.2) is 20.2 Å². The Bertz CT molecular complexity index is 419. The van der Waals surface area contributed by atoms with Crippen molar-refractivity contribution in [2.24, 2.45) is 5.92 Å². The predicted molar refractivity (Wildman–Crippen MR) is 72.6 cm³/mol. The van der Waals surface area contributed by atoms with E-state index in [1.54, 1.807) is 13.2 Å². The molecule has 0 atom stereocenters. The number of halogens is 1. The van der Waals surface area contributed by atoms with E-state index >= 15 is 0 Å². The van der Waals surface area contributed by atoms with Gasteiger partial charge in [0.05, 0.1) is 18.5 Å². The number of hydrogen-bond acceptors (Lipinski definition) is 3. The topological polar surface area (TPSA) is 38.5 Å². The standard InChI is InChI=1S/C14H21FN2O/c1-3-17(9-10-5-4-6-10)13-8-14(18-2)12(16)7-11(13)15/h7-8,10H,3-6,9,16H2,1-2H3. The Morgan fingerprint density at radius 2 is 2.17 bits per heavy atom. The van der Waals surface area contributed by atoms with Crippen molar-refractivity contribution < 1.29 is 9.13 Å². The average molecular weight is 252 g/mol. The Morgan fingerprint density at radius 3 is 2.67 bits per heavy atom. The zero-order chi connectivity index (χ0) is 13.1. The number of nitrogens with zero attached hydrogens (tertiary/aromatic N) is 1. The van der Waals surface area contributed by atoms with Gasteiger partial charge in [0.25, 0.3) is 0 Å². The molecule has 0 bridgehead atoms. The van der Waals surface area contributed by atoms with Gasteiger partial charge in [-0.25, -0.2) is 4.39 Å². The van der Waals surface area contributed by atoms with Gasteiger partial charge in [-0.05, 0) is 25.7 Å². The maximum absolute atomic E-state index is 14.0. The minimum Gasteiger partial charge on any atom is -0.495 e. The fraction of sp³-hybridized carbons (Fsp3) is 0.571. The molecule has 0 radical (unpaired) electrons. The summed E-state index contributed by atoms with van der Waals surface area (Å²) in [7, 11) is 1.55. The molecular weight excluding hydrogens is 231 g/mol. The van der Waals surface area contributed by atoms with Crippen molar-refractivity contribution in [2.75, 3.05) is 30.8 Å². The molecule has 1 aliphatic rings. The van der Waals surface area contributed by atoms with E-state index < -0.39 is 0 Å². The Morgan fingerprint density at radius 1 is 1.44 bits per heavy atom. The SMILES string of the molecule is CCN(CC1CCC1)c1cc(OC)c(N)cc1F. The average Bonchev–Trinajstić information content (AvgIpc) is 2.29. The number of methoxy groups -OCH3 is 1. The van der Waals surface area contributed by atoms with Crippen LogP contribution in [0.3, 0.4) is 0 Å². The van der Waals surface area contributed by atoms with Gasteiger partial charge < -0.3 is 15.4 Å². The molecule has 4 heteroatoms. The molecule has 0 unspecified atom stereocenters. The largest absolute Gasteiger partial charge is 0.495 e. The van der Waals surface area contributed by atoms with E-state index in [9.17, 15) is 4.39 Å². The number of hydrogen-bond donors (Lipinski definition) is 1. The van der Waals surface area contributed by atoms with E-state index in [-0.39, 0.29) is 5.82 Å². The molecule has 100 valence electrons. The van der Waals surface area contributed by atoms with Crippen molar-refractivity contribution in [1.29, 1.82) is 0 Å². The van der Waals surface area contributed by atoms with Crippen LogP contribution in [0.5, 0.6) is 5.75 Å². The number of rotatable bonds is 5. The van der Waals surface area contributed by atoms with Crippen LogP contribution in [-0.2, 0) is 0 Å². The first kappa shape index (κ1) is 13.0. The van der Waals surface area contributed by atoms with Gasteiger partial charge in [-0.1, -0.05) is 6.42 Å². The number of anilines is 2. The van der Waals surface area contributed by atoms with Crippen LogP contribution in [0.1, 0.15) is 26.2 Å². The maximum atomic E-state index is 14.0. The summed E-state index contributed by atoms with van der Waals surface area (Å²) in [4.78, 5) is 2.07. The first-order valence-electron chi connectivity index (χ1n) is 6.53. The van der Waals surface area contributed by atoms with Crippen LogP contribution < -0.4 is 15.4 Å². The van der Waals surface area contributed by atoms with Crippen molar-refractivity contribution in [2.45, 2.75) is 26.2 Å². The third-order valence-corrected chi connectivity index (χ3v) is 3.72. The van der Waals surface area contributed by atoms with E-state index in [4.69, 9.17) is 10.5 Å². The molecular formula is C14H21FN2O. The van der Waals surface area contributed by atoms with Crippen LogP contribution in [0.4, 0.5) is 15.8 Å². The lowest BCUT2D eigenvalue weighted by Crippen LogP contribution is -2.33. The second-order valence-electron chi connectivity index (χ2n) is 4.88. The van der Waals surface area contributed by atoms with Crippen LogP contribution in [0, 0.1) is 11.7 Å². The predicted octanol–water partition coefficient (Wildman–Crippen LogP) is 3.04. The summed E-state index contributed by atoms with van der Waals surface area (Å²) in [5.74, 6) is 0.973. The molecule has 0 spiro atoms. The van der Waals surface area contributed by atoms with Gasteiger partial charge >= 0.3 is 0 Å². The van der Waals surface area contributed by atoms with Gasteiger partial charge in [0.2, 0.25) is 0 Å². The fourth-order valence-electron chi connectivity index (χ4n) is 2.36. The highest BCUT2D eigenvalue weighted by atomic mass is 19.1. The summed E-state index contributed by atoms with van der Waals surface area (Å²) in [6.45, 7) is 3.75. The molecule has 1 fully saturated rings. The van der Waals surface area contributed by atoms with Crippen LogP contribution in [0.2, 0.25) is 0 Å². The van der Waals surface area contributed by atoms with Crippen LogP contribution in [0.25, 0.3) is 0 Å². The Labute approximate surface area is 108 Å². The van der Waals surface area contributed by atoms with E-state index in [1.807, 2.05) is 6.92 Å². The normalized spacial score (nSPS) is 15.3. The van der Waals surface area contributed by atoms with Gasteiger partial charge in [0.1, 0.15) is 11.6 Å². The highest BCUT2D eigenvalue weighted by molar-refractivity contribution is 5.63. The first-order valence-corrected chi connectivity index (χ1v) is 6.53. The molecule has 1 saturated carbocycles. The number of benzene rings is 1. The molecule has 0 aromatic heterocycles.